The van der Waals surface area contributed by atoms with Crippen molar-refractivity contribution in [1.29, 1.82) is 0 Å². The number of hydrogen-bond donors (Lipinski definition) is 1. The summed E-state index contributed by atoms with van der Waals surface area (Å²) in [6.45, 7) is 0. The number of thioether (sulfide) groups is 1. The zero-order valence-electron chi connectivity index (χ0n) is 10.9. The summed E-state index contributed by atoms with van der Waals surface area (Å²) in [5.41, 5.74) is 0.715. The Morgan fingerprint density at radius 3 is 2.67 bits per heavy atom. The zero-order valence-corrected chi connectivity index (χ0v) is 13.3. The van der Waals surface area contributed by atoms with E-state index < -0.39 is 11.6 Å². The van der Waals surface area contributed by atoms with E-state index in [4.69, 9.17) is 0 Å². The van der Waals surface area contributed by atoms with E-state index in [0.717, 1.165) is 16.6 Å². The molecule has 0 heterocycles. The van der Waals surface area contributed by atoms with Gasteiger partial charge in [0.15, 0.2) is 11.6 Å². The van der Waals surface area contributed by atoms with Crippen LogP contribution in [0.3, 0.4) is 0 Å². The van der Waals surface area contributed by atoms with Gasteiger partial charge in [-0.05, 0) is 36.4 Å². The molecule has 0 aliphatic rings. The summed E-state index contributed by atoms with van der Waals surface area (Å²) in [6.07, 6.45) is 0.288. The van der Waals surface area contributed by atoms with Crippen LogP contribution >= 0.6 is 27.7 Å². The number of hydrogen-bond acceptors (Lipinski definition) is 2. The highest BCUT2D eigenvalue weighted by molar-refractivity contribution is 9.10. The number of amides is 1. The highest BCUT2D eigenvalue weighted by Crippen LogP contribution is 2.21. The minimum Gasteiger partial charge on any atom is -0.326 e. The largest absolute Gasteiger partial charge is 0.326 e. The van der Waals surface area contributed by atoms with Gasteiger partial charge in [0, 0.05) is 27.2 Å². The minimum atomic E-state index is -0.876. The molecule has 21 heavy (non-hydrogen) atoms. The SMILES string of the molecule is O=C(CCSc1ccc(F)c(F)c1)Nc1cccc(Br)c1. The summed E-state index contributed by atoms with van der Waals surface area (Å²) in [4.78, 5) is 12.4. The second kappa shape index (κ2) is 7.56. The van der Waals surface area contributed by atoms with Gasteiger partial charge in [-0.3, -0.25) is 4.79 Å². The molecule has 2 aromatic carbocycles. The maximum absolute atomic E-state index is 13.0. The quantitative estimate of drug-likeness (QED) is 0.761. The molecule has 2 rings (SSSR count). The maximum Gasteiger partial charge on any atom is 0.225 e. The monoisotopic (exact) mass is 371 g/mol. The predicted molar refractivity (Wildman–Crippen MR) is 84.5 cm³/mol. The number of benzene rings is 2. The summed E-state index contributed by atoms with van der Waals surface area (Å²) < 4.78 is 26.7. The van der Waals surface area contributed by atoms with Gasteiger partial charge in [-0.25, -0.2) is 8.78 Å². The van der Waals surface area contributed by atoms with Gasteiger partial charge in [0.1, 0.15) is 0 Å². The molecule has 0 saturated heterocycles. The Hall–Kier alpha value is -1.40. The smallest absolute Gasteiger partial charge is 0.225 e. The summed E-state index contributed by atoms with van der Waals surface area (Å²) in [5, 5.41) is 2.77. The van der Waals surface area contributed by atoms with Crippen LogP contribution in [-0.4, -0.2) is 11.7 Å². The molecule has 0 saturated carbocycles. The lowest BCUT2D eigenvalue weighted by molar-refractivity contribution is -0.115. The van der Waals surface area contributed by atoms with E-state index in [2.05, 4.69) is 21.2 Å². The van der Waals surface area contributed by atoms with E-state index in [1.165, 1.54) is 17.8 Å². The molecule has 0 aliphatic heterocycles. The second-order valence-electron chi connectivity index (χ2n) is 4.23. The number of nitrogens with one attached hydrogen (secondary N) is 1. The van der Waals surface area contributed by atoms with Gasteiger partial charge in [0.25, 0.3) is 0 Å². The second-order valence-corrected chi connectivity index (χ2v) is 6.32. The van der Waals surface area contributed by atoms with Crippen LogP contribution in [0.1, 0.15) is 6.42 Å². The lowest BCUT2D eigenvalue weighted by Crippen LogP contribution is -2.12. The Labute approximate surface area is 134 Å². The highest BCUT2D eigenvalue weighted by Gasteiger charge is 2.06. The number of halogens is 3. The first-order valence-corrected chi connectivity index (χ1v) is 7.96. The molecule has 0 unspecified atom stereocenters. The molecule has 0 aliphatic carbocycles. The molecule has 0 spiro atoms. The summed E-state index contributed by atoms with van der Waals surface area (Å²) in [6, 6.07) is 11.0. The van der Waals surface area contributed by atoms with Crippen molar-refractivity contribution in [3.8, 4) is 0 Å². The molecule has 0 atom stereocenters. The molecule has 1 amide bonds. The topological polar surface area (TPSA) is 29.1 Å². The molecule has 0 radical (unpaired) electrons. The van der Waals surface area contributed by atoms with Crippen molar-refractivity contribution in [2.24, 2.45) is 0 Å². The van der Waals surface area contributed by atoms with Crippen LogP contribution in [0.2, 0.25) is 0 Å². The van der Waals surface area contributed by atoms with Crippen LogP contribution < -0.4 is 5.32 Å². The Balaban J connectivity index is 1.80. The van der Waals surface area contributed by atoms with Crippen LogP contribution in [0, 0.1) is 11.6 Å². The first kappa shape index (κ1) is 16.0. The molecular weight excluding hydrogens is 360 g/mol. The molecule has 2 aromatic rings. The fourth-order valence-electron chi connectivity index (χ4n) is 1.62. The number of carbonyl (C=O) groups is 1. The third-order valence-electron chi connectivity index (χ3n) is 2.60. The van der Waals surface area contributed by atoms with Crippen molar-refractivity contribution >= 4 is 39.3 Å². The molecule has 0 aromatic heterocycles. The normalized spacial score (nSPS) is 10.4. The third kappa shape index (κ3) is 5.13. The van der Waals surface area contributed by atoms with Gasteiger partial charge >= 0.3 is 0 Å². The minimum absolute atomic E-state index is 0.122. The van der Waals surface area contributed by atoms with Gasteiger partial charge in [-0.1, -0.05) is 22.0 Å². The molecule has 1 N–H and O–H groups in total. The summed E-state index contributed by atoms with van der Waals surface area (Å²) >= 11 is 4.63. The predicted octanol–water partition coefficient (Wildman–Crippen LogP) is 4.85. The zero-order chi connectivity index (χ0) is 15.2. The number of carbonyl (C=O) groups excluding carboxylic acids is 1. The highest BCUT2D eigenvalue weighted by atomic mass is 79.9. The van der Waals surface area contributed by atoms with Crippen molar-refractivity contribution in [3.63, 3.8) is 0 Å². The Morgan fingerprint density at radius 2 is 1.95 bits per heavy atom. The van der Waals surface area contributed by atoms with Crippen molar-refractivity contribution in [2.45, 2.75) is 11.3 Å². The van der Waals surface area contributed by atoms with Gasteiger partial charge in [0.05, 0.1) is 0 Å². The van der Waals surface area contributed by atoms with Crippen molar-refractivity contribution in [3.05, 3.63) is 58.6 Å². The van der Waals surface area contributed by atoms with Crippen LogP contribution in [0.5, 0.6) is 0 Å². The maximum atomic E-state index is 13.0. The van der Waals surface area contributed by atoms with E-state index >= 15 is 0 Å². The van der Waals surface area contributed by atoms with Crippen molar-refractivity contribution in [1.82, 2.24) is 0 Å². The fourth-order valence-corrected chi connectivity index (χ4v) is 2.89. The van der Waals surface area contributed by atoms with Gasteiger partial charge < -0.3 is 5.32 Å². The van der Waals surface area contributed by atoms with Crippen LogP contribution in [0.25, 0.3) is 0 Å². The van der Waals surface area contributed by atoms with E-state index in [0.29, 0.717) is 16.3 Å². The first-order chi connectivity index (χ1) is 10.0. The molecule has 110 valence electrons. The Kier molecular flexibility index (Phi) is 5.76. The van der Waals surface area contributed by atoms with Crippen molar-refractivity contribution < 1.29 is 13.6 Å². The lowest BCUT2D eigenvalue weighted by Gasteiger charge is -2.06. The Morgan fingerprint density at radius 1 is 1.14 bits per heavy atom. The van der Waals surface area contributed by atoms with Crippen LogP contribution in [-0.2, 0) is 4.79 Å². The van der Waals surface area contributed by atoms with E-state index in [9.17, 15) is 13.6 Å². The fraction of sp³-hybridized carbons (Fsp3) is 0.133. The molecule has 0 bridgehead atoms. The first-order valence-electron chi connectivity index (χ1n) is 6.18. The Bertz CT molecular complexity index is 651. The van der Waals surface area contributed by atoms with Crippen LogP contribution in [0.15, 0.2) is 51.8 Å². The summed E-state index contributed by atoms with van der Waals surface area (Å²) in [5.74, 6) is -1.38. The van der Waals surface area contributed by atoms with Gasteiger partial charge in [0.2, 0.25) is 5.91 Å². The van der Waals surface area contributed by atoms with E-state index in [-0.39, 0.29) is 12.3 Å². The number of anilines is 1. The van der Waals surface area contributed by atoms with Gasteiger partial charge in [-0.15, -0.1) is 11.8 Å². The average Bonchev–Trinajstić information content (AvgIpc) is 2.43. The molecule has 0 fully saturated rings. The number of rotatable bonds is 5. The van der Waals surface area contributed by atoms with Gasteiger partial charge in [-0.2, -0.15) is 0 Å². The van der Waals surface area contributed by atoms with E-state index in [1.54, 1.807) is 12.1 Å². The van der Waals surface area contributed by atoms with E-state index in [1.807, 2.05) is 12.1 Å². The average molecular weight is 372 g/mol. The summed E-state index contributed by atoms with van der Waals surface area (Å²) in [7, 11) is 0. The van der Waals surface area contributed by atoms with Crippen LogP contribution in [0.4, 0.5) is 14.5 Å². The molecular formula is C15H12BrF2NOS. The molecule has 6 heteroatoms. The third-order valence-corrected chi connectivity index (χ3v) is 4.09. The standard InChI is InChI=1S/C15H12BrF2NOS/c16-10-2-1-3-11(8-10)19-15(20)6-7-21-12-4-5-13(17)14(18)9-12/h1-5,8-9H,6-7H2,(H,19,20). The van der Waals surface area contributed by atoms with Crippen molar-refractivity contribution in [2.75, 3.05) is 11.1 Å². The lowest BCUT2D eigenvalue weighted by atomic mass is 10.3. The molecule has 2 nitrogen and oxygen atoms in total.